The first kappa shape index (κ1) is 26.6. The van der Waals surface area contributed by atoms with Crippen molar-refractivity contribution in [3.8, 4) is 0 Å². The van der Waals surface area contributed by atoms with Gasteiger partial charge in [0.05, 0.1) is 0 Å². The van der Waals surface area contributed by atoms with E-state index in [1.54, 1.807) is 0 Å². The fraction of sp³-hybridized carbons (Fsp3) is 0.143. The molecule has 0 heterocycles. The second-order valence-electron chi connectivity index (χ2n) is 7.17. The maximum atomic E-state index is 7.58. The number of benzene rings is 4. The number of hydrogen-bond donors (Lipinski definition) is 0. The van der Waals surface area contributed by atoms with Gasteiger partial charge in [-0.05, 0) is 0 Å². The molecule has 4 rings (SSSR count). The zero-order valence-electron chi connectivity index (χ0n) is 18.9. The summed E-state index contributed by atoms with van der Waals surface area (Å²) in [6, 6.07) is 42.3. The zero-order chi connectivity index (χ0) is 23.5. The average Bonchev–Trinajstić information content (AvgIpc) is 2.87. The molecule has 176 valence electrons. The number of unbranched alkanes of at least 4 members (excludes halogenated alkanes) is 1. The van der Waals surface area contributed by atoms with Crippen molar-refractivity contribution in [1.29, 1.82) is 0 Å². The third kappa shape index (κ3) is 7.23. The van der Waals surface area contributed by atoms with E-state index in [-0.39, 0.29) is 0 Å². The van der Waals surface area contributed by atoms with Gasteiger partial charge in [0, 0.05) is 0 Å². The summed E-state index contributed by atoms with van der Waals surface area (Å²) in [6.07, 6.45) is 0.897. The Kier molecular flexibility index (Phi) is 11.1. The first-order valence-corrected chi connectivity index (χ1v) is 21.5. The van der Waals surface area contributed by atoms with Crippen molar-refractivity contribution in [1.82, 2.24) is 0 Å². The molecule has 0 aromatic heterocycles. The molecule has 0 atom stereocenters. The molecule has 0 nitrogen and oxygen atoms in total. The van der Waals surface area contributed by atoms with E-state index < -0.39 is 24.7 Å². The van der Waals surface area contributed by atoms with E-state index in [1.165, 1.54) is 34.1 Å². The summed E-state index contributed by atoms with van der Waals surface area (Å²) in [5.74, 6) is 0. The number of halogens is 2. The Balaban J connectivity index is 0.000000709. The second-order valence-corrected chi connectivity index (χ2v) is 31.3. The van der Waals surface area contributed by atoms with Gasteiger partial charge in [0.15, 0.2) is 0 Å². The molecule has 0 aliphatic carbocycles. The Bertz CT molecular complexity index is 896. The van der Waals surface area contributed by atoms with Gasteiger partial charge in [0.2, 0.25) is 0 Å². The minimum absolute atomic E-state index is 0.871. The Morgan fingerprint density at radius 3 is 0.848 bits per heavy atom. The van der Waals surface area contributed by atoms with Crippen LogP contribution in [-0.2, 0) is 12.5 Å². The van der Waals surface area contributed by atoms with Crippen LogP contribution in [0.3, 0.4) is 0 Å². The molecule has 0 bridgehead atoms. The van der Waals surface area contributed by atoms with Crippen LogP contribution < -0.4 is 21.2 Å². The molecular formula is C28H30Cl2P2Pd. The van der Waals surface area contributed by atoms with Crippen LogP contribution in [0.15, 0.2) is 121 Å². The van der Waals surface area contributed by atoms with Crippen LogP contribution in [0.4, 0.5) is 0 Å². The second kappa shape index (κ2) is 13.8. The first-order chi connectivity index (χ1) is 16.1. The van der Waals surface area contributed by atoms with Gasteiger partial charge < -0.3 is 0 Å². The van der Waals surface area contributed by atoms with E-state index >= 15 is 0 Å². The quantitative estimate of drug-likeness (QED) is 0.147. The van der Waals surface area contributed by atoms with Gasteiger partial charge in [-0.1, -0.05) is 26.7 Å². The van der Waals surface area contributed by atoms with Gasteiger partial charge >= 0.3 is 186 Å². The van der Waals surface area contributed by atoms with Crippen LogP contribution in [0.25, 0.3) is 0 Å². The van der Waals surface area contributed by atoms with Crippen molar-refractivity contribution in [2.24, 2.45) is 0 Å². The third-order valence-corrected chi connectivity index (χ3v) is 30.2. The van der Waals surface area contributed by atoms with Gasteiger partial charge in [-0.2, -0.15) is 0 Å². The molecule has 0 N–H and O–H groups in total. The molecule has 5 heteroatoms. The zero-order valence-corrected chi connectivity index (χ0v) is 23.8. The fourth-order valence-corrected chi connectivity index (χ4v) is 31.8. The van der Waals surface area contributed by atoms with E-state index in [4.69, 9.17) is 19.1 Å². The molecule has 4 aromatic carbocycles. The third-order valence-electron chi connectivity index (χ3n) is 4.71. The minimum atomic E-state index is -3.00. The maximum absolute atomic E-state index is 7.58. The Morgan fingerprint density at radius 1 is 0.455 bits per heavy atom. The Hall–Kier alpha value is -1.02. The van der Waals surface area contributed by atoms with Gasteiger partial charge in [-0.25, -0.2) is 0 Å². The summed E-state index contributed by atoms with van der Waals surface area (Å²) in [5, 5.41) is 4.98. The molecule has 0 saturated heterocycles. The van der Waals surface area contributed by atoms with E-state index in [0.29, 0.717) is 0 Å². The van der Waals surface area contributed by atoms with Crippen molar-refractivity contribution in [2.45, 2.75) is 26.7 Å². The topological polar surface area (TPSA) is 0 Å². The van der Waals surface area contributed by atoms with Crippen LogP contribution in [0, 0.1) is 0 Å². The van der Waals surface area contributed by atoms with Crippen molar-refractivity contribution in [3.63, 3.8) is 0 Å². The molecule has 0 spiro atoms. The van der Waals surface area contributed by atoms with E-state index in [2.05, 4.69) is 111 Å². The van der Waals surface area contributed by atoms with E-state index in [9.17, 15) is 0 Å². The van der Waals surface area contributed by atoms with Crippen molar-refractivity contribution in [2.75, 3.05) is 0 Å². The van der Waals surface area contributed by atoms with Crippen LogP contribution >= 0.6 is 31.3 Å². The monoisotopic (exact) mass is 604 g/mol. The SMILES string of the molecule is CCCC.[Cl][Pd]([Cl])([P](c1ccccc1)c1ccccc1)[P](c1ccccc1)c1ccccc1. The van der Waals surface area contributed by atoms with Gasteiger partial charge in [0.1, 0.15) is 0 Å². The molecule has 0 fully saturated rings. The fourth-order valence-electron chi connectivity index (χ4n) is 2.95. The van der Waals surface area contributed by atoms with Crippen molar-refractivity contribution >= 4 is 52.5 Å². The summed E-state index contributed by atoms with van der Waals surface area (Å²) in [6.45, 7) is 4.36. The predicted octanol–water partition coefficient (Wildman–Crippen LogP) is 8.35. The molecule has 0 amide bonds. The van der Waals surface area contributed by atoms with Crippen molar-refractivity contribution in [3.05, 3.63) is 121 Å². The van der Waals surface area contributed by atoms with Gasteiger partial charge in [0.25, 0.3) is 0 Å². The molecule has 0 unspecified atom stereocenters. The summed E-state index contributed by atoms with van der Waals surface area (Å²) < 4.78 is 0. The van der Waals surface area contributed by atoms with Crippen molar-refractivity contribution < 1.29 is 12.5 Å². The van der Waals surface area contributed by atoms with Crippen LogP contribution in [0.2, 0.25) is 0 Å². The van der Waals surface area contributed by atoms with Crippen LogP contribution in [0.1, 0.15) is 26.7 Å². The van der Waals surface area contributed by atoms with Gasteiger partial charge in [-0.3, -0.25) is 0 Å². The number of rotatable bonds is 7. The van der Waals surface area contributed by atoms with Crippen LogP contribution in [-0.4, -0.2) is 0 Å². The Morgan fingerprint density at radius 2 is 0.667 bits per heavy atom. The summed E-state index contributed by atoms with van der Waals surface area (Å²) in [7, 11) is 15.2. The van der Waals surface area contributed by atoms with Gasteiger partial charge in [-0.15, -0.1) is 0 Å². The standard InChI is InChI=1S/2C12H10P.C4H10.2ClH.Pd/c2*1-3-7-11(8-4-1)13-12-9-5-2-6-10-12;1-3-4-2;;;/h2*1-10H;3-4H2,1-2H3;2*1H;/q2*-1;;;;+4/p-2. The first-order valence-electron chi connectivity index (χ1n) is 11.0. The van der Waals surface area contributed by atoms with E-state index in [0.717, 1.165) is 0 Å². The predicted molar refractivity (Wildman–Crippen MR) is 150 cm³/mol. The molecule has 33 heavy (non-hydrogen) atoms. The summed E-state index contributed by atoms with van der Waals surface area (Å²) in [4.78, 5) is 0. The molecule has 0 saturated carbocycles. The number of hydrogen-bond acceptors (Lipinski definition) is 0. The molecule has 0 radical (unpaired) electrons. The average molecular weight is 606 g/mol. The van der Waals surface area contributed by atoms with E-state index in [1.807, 2.05) is 24.3 Å². The molecule has 0 aliphatic rings. The Labute approximate surface area is 211 Å². The summed E-state index contributed by atoms with van der Waals surface area (Å²) in [5.41, 5.74) is 0. The summed E-state index contributed by atoms with van der Waals surface area (Å²) >= 11 is -3.00. The van der Waals surface area contributed by atoms with Crippen LogP contribution in [0.5, 0.6) is 0 Å². The molecular weight excluding hydrogens is 576 g/mol. The molecule has 4 aromatic rings. The normalized spacial score (nSPS) is 11.7. The molecule has 0 aliphatic heterocycles.